The zero-order chi connectivity index (χ0) is 68.0. The molecule has 29 nitrogen and oxygen atoms in total. The van der Waals surface area contributed by atoms with Gasteiger partial charge >= 0.3 is 0 Å². The van der Waals surface area contributed by atoms with Gasteiger partial charge in [-0.1, -0.05) is 41.4 Å². The lowest BCUT2D eigenvalue weighted by Gasteiger charge is -2.27. The molecule has 9 rings (SSSR count). The smallest absolute Gasteiger partial charge is 0.294 e. The molecule has 2 aliphatic heterocycles. The number of nitrogens with one attached hydrogen (secondary N) is 4. The van der Waals surface area contributed by atoms with Crippen LogP contribution in [0.25, 0.3) is 12.2 Å². The van der Waals surface area contributed by atoms with Crippen LogP contribution in [0.1, 0.15) is 58.2 Å². The summed E-state index contributed by atoms with van der Waals surface area (Å²) >= 11 is 3.59. The van der Waals surface area contributed by atoms with Crippen molar-refractivity contribution in [2.24, 2.45) is 20.5 Å². The zero-order valence-electron chi connectivity index (χ0n) is 52.8. The number of anilines is 10. The molecule has 0 spiro atoms. The van der Waals surface area contributed by atoms with Gasteiger partial charge in [0.15, 0.2) is 16.7 Å². The minimum absolute atomic E-state index is 0.156. The first-order valence-corrected chi connectivity index (χ1v) is 35.5. The number of hydrogen-bond acceptors (Lipinski definition) is 28. The van der Waals surface area contributed by atoms with Crippen LogP contribution in [0.2, 0.25) is 0 Å². The Morgan fingerprint density at radius 2 is 0.937 bits per heavy atom. The van der Waals surface area contributed by atoms with Gasteiger partial charge in [-0.05, 0) is 144 Å². The third-order valence-electron chi connectivity index (χ3n) is 14.6. The SMILES string of the molecule is CCSc1nc(Nc2cc(N(CC)CC)ccc2/N=N/c2nc(N3CCOCC3)c(/C=C(/C(C)=O)C(=O)Nc3ccc(S(=O)(=O)O)cc3)s2)nc(Nc2cc(N(CC)CC)ccc2/N=N/c2nc(N3CCOCC3)c(/C=C(\C(C)=O)C(=O)Nc3ccc(S(=O)(=O)O)cc3)s2)n1. The molecule has 0 unspecified atom stereocenters. The van der Waals surface area contributed by atoms with Crippen LogP contribution in [0.4, 0.5) is 79.3 Å². The van der Waals surface area contributed by atoms with E-state index in [9.17, 15) is 45.1 Å². The first kappa shape index (κ1) is 70.3. The average molecular weight is 1390 g/mol. The molecular formula is C61H69N17O12S5. The first-order chi connectivity index (χ1) is 45.5. The van der Waals surface area contributed by atoms with E-state index >= 15 is 0 Å². The lowest BCUT2D eigenvalue weighted by atomic mass is 10.1. The molecule has 3 aromatic heterocycles. The van der Waals surface area contributed by atoms with Crippen molar-refractivity contribution < 1.29 is 54.6 Å². The molecule has 0 saturated carbocycles. The fourth-order valence-corrected chi connectivity index (χ4v) is 13.0. The maximum Gasteiger partial charge on any atom is 0.294 e. The van der Waals surface area contributed by atoms with Crippen LogP contribution in [0.15, 0.2) is 131 Å². The number of rotatable bonds is 28. The lowest BCUT2D eigenvalue weighted by molar-refractivity contribution is -0.120. The lowest BCUT2D eigenvalue weighted by Crippen LogP contribution is -2.36. The number of benzene rings is 4. The highest BCUT2D eigenvalue weighted by atomic mass is 32.2. The van der Waals surface area contributed by atoms with Gasteiger partial charge in [-0.25, -0.2) is 0 Å². The Morgan fingerprint density at radius 1 is 0.558 bits per heavy atom. The van der Waals surface area contributed by atoms with Crippen LogP contribution < -0.4 is 40.9 Å². The Morgan fingerprint density at radius 3 is 1.27 bits per heavy atom. The topological polar surface area (TPSA) is 370 Å². The van der Waals surface area contributed by atoms with E-state index in [1.54, 1.807) is 12.1 Å². The van der Waals surface area contributed by atoms with Crippen molar-refractivity contribution in [1.29, 1.82) is 0 Å². The molecule has 2 aliphatic rings. The fourth-order valence-electron chi connectivity index (χ4n) is 9.73. The van der Waals surface area contributed by atoms with Gasteiger partial charge in [0.05, 0.1) is 68.5 Å². The number of thioether (sulfide) groups is 1. The van der Waals surface area contributed by atoms with Crippen LogP contribution in [-0.4, -0.2) is 159 Å². The summed E-state index contributed by atoms with van der Waals surface area (Å²) < 4.78 is 76.7. The second-order valence-corrected chi connectivity index (χ2v) is 26.9. The summed E-state index contributed by atoms with van der Waals surface area (Å²) in [6.07, 6.45) is 2.87. The first-order valence-electron chi connectivity index (χ1n) is 30.0. The second-order valence-electron chi connectivity index (χ2n) is 20.8. The van der Waals surface area contributed by atoms with Crippen LogP contribution in [0, 0.1) is 0 Å². The zero-order valence-corrected chi connectivity index (χ0v) is 56.8. The Kier molecular flexibility index (Phi) is 23.7. The molecule has 0 radical (unpaired) electrons. The number of amides is 2. The fraction of sp³-hybridized carbons (Fsp3) is 0.328. The number of aromatic nitrogens is 5. The standard InChI is InChI=1S/C61H69N17O12S5/c1-8-75(9-2)41-17-23-47(71-73-60-66-53(77-25-29-89-30-26-77)51(92-60)35-45(37(6)79)55(81)62-39-13-19-43(20-14-39)94(83,84)85)49(33-41)64-57-68-58(70-59(69-57)91-12-5)65-50-34-42(76(10-3)11-4)18-24-48(50)72-74-61-67-54(78-27-31-90-32-28-78)52(93-61)36-46(38(7)80)56(82)63-40-15-21-44(22-16-40)95(86,87)88/h13-24,33-36H,8-12,25-32H2,1-7H3,(H,62,81)(H,63,82)(H,83,84,85)(H,86,87,88)(H2,64,65,68,69,70)/b45-35-,46-36+,73-71+,74-72+. The number of thiazole rings is 2. The molecule has 2 fully saturated rings. The van der Waals surface area contributed by atoms with Crippen molar-refractivity contribution in [3.63, 3.8) is 0 Å². The Balaban J connectivity index is 1.05. The van der Waals surface area contributed by atoms with Crippen molar-refractivity contribution >= 4 is 169 Å². The highest BCUT2D eigenvalue weighted by molar-refractivity contribution is 7.99. The molecule has 95 heavy (non-hydrogen) atoms. The number of ether oxygens (including phenoxy) is 2. The Labute approximate surface area is 560 Å². The second kappa shape index (κ2) is 32.0. The molecule has 2 saturated heterocycles. The monoisotopic (exact) mass is 1390 g/mol. The molecule has 5 heterocycles. The van der Waals surface area contributed by atoms with Gasteiger partial charge in [-0.15, -0.1) is 20.5 Å². The number of nitrogens with zero attached hydrogens (tertiary/aromatic N) is 13. The third kappa shape index (κ3) is 18.5. The number of azo groups is 2. The Bertz CT molecular complexity index is 4050. The minimum atomic E-state index is -4.49. The highest BCUT2D eigenvalue weighted by Crippen LogP contribution is 2.41. The van der Waals surface area contributed by atoms with Gasteiger partial charge in [0.1, 0.15) is 23.0 Å². The van der Waals surface area contributed by atoms with E-state index in [0.29, 0.717) is 134 Å². The summed E-state index contributed by atoms with van der Waals surface area (Å²) in [6.45, 7) is 18.9. The largest absolute Gasteiger partial charge is 0.378 e. The van der Waals surface area contributed by atoms with E-state index in [1.165, 1.54) is 62.0 Å². The molecule has 2 amide bonds. The number of ketones is 2. The predicted molar refractivity (Wildman–Crippen MR) is 369 cm³/mol. The molecule has 500 valence electrons. The average Bonchev–Trinajstić information content (AvgIpc) is 1.80. The van der Waals surface area contributed by atoms with Gasteiger partial charge in [0.2, 0.25) is 22.2 Å². The van der Waals surface area contributed by atoms with Crippen molar-refractivity contribution in [3.8, 4) is 0 Å². The van der Waals surface area contributed by atoms with Gasteiger partial charge in [-0.2, -0.15) is 41.8 Å². The summed E-state index contributed by atoms with van der Waals surface area (Å²) in [5, 5.41) is 31.5. The molecule has 6 N–H and O–H groups in total. The van der Waals surface area contributed by atoms with E-state index in [2.05, 4.69) is 41.3 Å². The van der Waals surface area contributed by atoms with Gasteiger partial charge in [0.25, 0.3) is 32.1 Å². The molecule has 34 heteroatoms. The molecule has 4 aromatic carbocycles. The third-order valence-corrected chi connectivity index (χ3v) is 18.8. The van der Waals surface area contributed by atoms with Crippen LogP contribution in [-0.2, 0) is 48.9 Å². The van der Waals surface area contributed by atoms with Crippen LogP contribution in [0.3, 0.4) is 0 Å². The van der Waals surface area contributed by atoms with E-state index < -0.39 is 43.6 Å². The predicted octanol–water partition coefficient (Wildman–Crippen LogP) is 11.3. The summed E-state index contributed by atoms with van der Waals surface area (Å²) in [5.74, 6) is -0.807. The van der Waals surface area contributed by atoms with Crippen molar-refractivity contribution in [1.82, 2.24) is 24.9 Å². The summed E-state index contributed by atoms with van der Waals surface area (Å²) in [4.78, 5) is 86.3. The van der Waals surface area contributed by atoms with Crippen LogP contribution in [0.5, 0.6) is 0 Å². The van der Waals surface area contributed by atoms with Crippen LogP contribution >= 0.6 is 34.4 Å². The normalized spacial score (nSPS) is 14.1. The summed E-state index contributed by atoms with van der Waals surface area (Å²) in [5.41, 5.74) is 3.38. The maximum absolute atomic E-state index is 13.7. The summed E-state index contributed by atoms with van der Waals surface area (Å²) in [6, 6.07) is 20.9. The van der Waals surface area contributed by atoms with E-state index in [-0.39, 0.29) is 54.5 Å². The van der Waals surface area contributed by atoms with Gasteiger partial charge in [0, 0.05) is 75.1 Å². The molecule has 7 aromatic rings. The highest BCUT2D eigenvalue weighted by Gasteiger charge is 2.26. The molecular weight excluding hydrogens is 1320 g/mol. The maximum atomic E-state index is 13.7. The molecule has 0 aliphatic carbocycles. The minimum Gasteiger partial charge on any atom is -0.378 e. The summed E-state index contributed by atoms with van der Waals surface area (Å²) in [7, 11) is -8.97. The quantitative estimate of drug-likeness (QED) is 0.00662. The van der Waals surface area contributed by atoms with Gasteiger partial charge < -0.3 is 50.3 Å². The number of carbonyl (C=O) groups excluding carboxylic acids is 4. The van der Waals surface area contributed by atoms with E-state index in [0.717, 1.165) is 58.3 Å². The van der Waals surface area contributed by atoms with Crippen molar-refractivity contribution in [3.05, 3.63) is 106 Å². The number of carbonyl (C=O) groups is 4. The molecule has 0 atom stereocenters. The van der Waals surface area contributed by atoms with Gasteiger partial charge in [-0.3, -0.25) is 28.3 Å². The Hall–Kier alpha value is -9.00. The van der Waals surface area contributed by atoms with E-state index in [4.69, 9.17) is 44.6 Å². The van der Waals surface area contributed by atoms with E-state index in [1.807, 2.05) is 68.7 Å². The number of hydrogen-bond donors (Lipinski definition) is 6. The van der Waals surface area contributed by atoms with Crippen molar-refractivity contribution in [2.45, 2.75) is 63.4 Å². The number of Topliss-reactive ketones (excluding diaryl/α,β-unsaturated/α-hetero) is 2. The molecule has 0 bridgehead atoms. The number of morpholine rings is 2. The van der Waals surface area contributed by atoms with Crippen molar-refractivity contribution in [2.75, 3.05) is 125 Å².